The Morgan fingerprint density at radius 1 is 0.718 bits per heavy atom. The first-order valence-corrected chi connectivity index (χ1v) is 17.2. The van der Waals surface area contributed by atoms with Gasteiger partial charge >= 0.3 is 7.66 Å². The van der Waals surface area contributed by atoms with Crippen LogP contribution in [0.15, 0.2) is 13.5 Å². The Morgan fingerprint density at radius 2 is 1.21 bits per heavy atom. The maximum absolute atomic E-state index is 9.28. The SMILES string of the molecule is CN(CCC#N)P1(OCCOCCO)=NP2(=NP(OCCOCCO)(N(C)CCC#N)=N1)OCCOCCO2. The second kappa shape index (κ2) is 18.6. The molecule has 2 heterocycles. The minimum atomic E-state index is -3.38. The average Bonchev–Trinajstić information content (AvgIpc) is 2.92. The summed E-state index contributed by atoms with van der Waals surface area (Å²) in [5.41, 5.74) is 0. The van der Waals surface area contributed by atoms with Crippen molar-refractivity contribution in [2.45, 2.75) is 12.8 Å². The summed E-state index contributed by atoms with van der Waals surface area (Å²) in [4.78, 5) is 0. The second-order valence-electron chi connectivity index (χ2n) is 7.98. The number of nitriles is 2. The summed E-state index contributed by atoms with van der Waals surface area (Å²) in [6, 6.07) is 4.28. The van der Waals surface area contributed by atoms with Crippen LogP contribution < -0.4 is 0 Å². The molecule has 2 aliphatic heterocycles. The molecule has 0 aliphatic carbocycles. The van der Waals surface area contributed by atoms with E-state index in [0.717, 1.165) is 0 Å². The van der Waals surface area contributed by atoms with Crippen LogP contribution in [-0.4, -0.2) is 126 Å². The third-order valence-corrected chi connectivity index (χ3v) is 14.9. The predicted octanol–water partition coefficient (Wildman–Crippen LogP) is 2.64. The van der Waals surface area contributed by atoms with Gasteiger partial charge < -0.3 is 42.5 Å². The van der Waals surface area contributed by atoms with E-state index in [1.807, 2.05) is 0 Å². The molecule has 1 fully saturated rings. The number of aliphatic hydroxyl groups excluding tert-OH is 2. The lowest BCUT2D eigenvalue weighted by molar-refractivity contribution is 0.0504. The molecule has 0 aromatic heterocycles. The Bertz CT molecular complexity index is 935. The molecular weight excluding hydrogens is 575 g/mol. The van der Waals surface area contributed by atoms with Gasteiger partial charge in [0.15, 0.2) is 0 Å². The van der Waals surface area contributed by atoms with Gasteiger partial charge in [-0.25, -0.2) is 9.34 Å². The molecule has 19 heteroatoms. The van der Waals surface area contributed by atoms with Gasteiger partial charge in [0.05, 0.1) is 91.4 Å². The molecule has 2 rings (SSSR count). The Kier molecular flexibility index (Phi) is 16.4. The summed E-state index contributed by atoms with van der Waals surface area (Å²) in [7, 11) is -6.50. The van der Waals surface area contributed by atoms with Gasteiger partial charge in [-0.15, -0.1) is 0 Å². The van der Waals surface area contributed by atoms with Crippen molar-refractivity contribution >= 4 is 22.8 Å². The highest BCUT2D eigenvalue weighted by Crippen LogP contribution is 2.81. The van der Waals surface area contributed by atoms with Crippen LogP contribution in [0.1, 0.15) is 12.8 Å². The molecule has 0 aromatic rings. The van der Waals surface area contributed by atoms with Crippen LogP contribution >= 0.6 is 22.8 Å². The number of hydrogen-bond acceptors (Lipinski definition) is 16. The third-order valence-electron chi connectivity index (χ3n) is 5.11. The van der Waals surface area contributed by atoms with Gasteiger partial charge in [-0.3, -0.25) is 0 Å². The van der Waals surface area contributed by atoms with Gasteiger partial charge in [0, 0.05) is 25.9 Å². The van der Waals surface area contributed by atoms with Crippen LogP contribution in [0, 0.1) is 22.7 Å². The van der Waals surface area contributed by atoms with Gasteiger partial charge in [0.1, 0.15) is 0 Å². The van der Waals surface area contributed by atoms with Gasteiger partial charge in [-0.2, -0.15) is 24.1 Å². The summed E-state index contributed by atoms with van der Waals surface area (Å²) in [6.45, 7) is 2.13. The van der Waals surface area contributed by atoms with Crippen molar-refractivity contribution in [3.8, 4) is 12.1 Å². The maximum atomic E-state index is 9.28. The van der Waals surface area contributed by atoms with Gasteiger partial charge in [-0.1, -0.05) is 0 Å². The van der Waals surface area contributed by atoms with Crippen molar-refractivity contribution in [3.63, 3.8) is 0 Å². The monoisotopic (exact) mass is 615 g/mol. The quantitative estimate of drug-likeness (QED) is 0.169. The fourth-order valence-electron chi connectivity index (χ4n) is 3.20. The first-order valence-electron chi connectivity index (χ1n) is 12.5. The molecule has 1 saturated heterocycles. The summed E-state index contributed by atoms with van der Waals surface area (Å²) < 4.78 is 60.0. The van der Waals surface area contributed by atoms with E-state index in [1.54, 1.807) is 23.4 Å². The number of nitrogens with zero attached hydrogens (tertiary/aromatic N) is 7. The molecular formula is C20H40N7O9P3. The highest BCUT2D eigenvalue weighted by molar-refractivity contribution is 7.79. The normalized spacial score (nSPS) is 24.7. The summed E-state index contributed by atoms with van der Waals surface area (Å²) in [6.07, 6.45) is 0.384. The summed E-state index contributed by atoms with van der Waals surface area (Å²) in [5.74, 6) is 0. The molecule has 0 bridgehead atoms. The van der Waals surface area contributed by atoms with Crippen molar-refractivity contribution in [1.82, 2.24) is 9.34 Å². The Morgan fingerprint density at radius 3 is 1.67 bits per heavy atom. The molecule has 2 aliphatic rings. The van der Waals surface area contributed by atoms with Crippen molar-refractivity contribution in [1.29, 1.82) is 10.5 Å². The Balaban J connectivity index is 2.68. The van der Waals surface area contributed by atoms with E-state index in [1.165, 1.54) is 0 Å². The summed E-state index contributed by atoms with van der Waals surface area (Å²) >= 11 is 0. The topological polar surface area (TPSA) is 196 Å². The van der Waals surface area contributed by atoms with Gasteiger partial charge in [-0.05, 0) is 14.1 Å². The van der Waals surface area contributed by atoms with E-state index in [4.69, 9.17) is 56.1 Å². The maximum Gasteiger partial charge on any atom is 0.347 e. The molecule has 224 valence electrons. The first-order chi connectivity index (χ1) is 18.9. The van der Waals surface area contributed by atoms with Crippen molar-refractivity contribution in [2.75, 3.05) is 106 Å². The van der Waals surface area contributed by atoms with Crippen LogP contribution in [-0.2, 0) is 32.3 Å². The van der Waals surface area contributed by atoms with E-state index < -0.39 is 22.8 Å². The molecule has 0 saturated carbocycles. The molecule has 39 heavy (non-hydrogen) atoms. The molecule has 2 N–H and O–H groups in total. The zero-order valence-electron chi connectivity index (χ0n) is 22.5. The minimum Gasteiger partial charge on any atom is -0.394 e. The molecule has 2 atom stereocenters. The van der Waals surface area contributed by atoms with Crippen LogP contribution in [0.25, 0.3) is 0 Å². The summed E-state index contributed by atoms with van der Waals surface area (Å²) in [5, 5.41) is 36.7. The first kappa shape index (κ1) is 34.4. The predicted molar refractivity (Wildman–Crippen MR) is 144 cm³/mol. The van der Waals surface area contributed by atoms with E-state index in [2.05, 4.69) is 12.1 Å². The van der Waals surface area contributed by atoms with Crippen LogP contribution in [0.3, 0.4) is 0 Å². The Labute approximate surface area is 230 Å². The molecule has 2 unspecified atom stereocenters. The lowest BCUT2D eigenvalue weighted by atomic mass is 10.5. The number of rotatable bonds is 18. The molecule has 0 aromatic carbocycles. The standard InChI is InChI=1S/C20H40N7O9P3/c1-26(7-3-5-21)37(33-17-13-30-11-9-28)23-38(27(2)8-4-6-22,34-18-14-31-12-10-29)25-39(24-37)35-19-15-32-16-20-36-39/h28-29H,3-4,7-20H2,1-2H3. The Hall–Kier alpha value is -0.770. The fourth-order valence-corrected chi connectivity index (χ4v) is 14.5. The van der Waals surface area contributed by atoms with Gasteiger partial charge in [0.25, 0.3) is 15.2 Å². The van der Waals surface area contributed by atoms with Crippen LogP contribution in [0.2, 0.25) is 0 Å². The van der Waals surface area contributed by atoms with Gasteiger partial charge in [0.2, 0.25) is 0 Å². The van der Waals surface area contributed by atoms with E-state index in [0.29, 0.717) is 26.3 Å². The molecule has 1 spiro atoms. The average molecular weight is 616 g/mol. The zero-order chi connectivity index (χ0) is 28.5. The molecule has 0 radical (unpaired) electrons. The number of hydrogen-bond donors (Lipinski definition) is 2. The second-order valence-corrected chi connectivity index (χ2v) is 15.6. The fraction of sp³-hybridized carbons (Fsp3) is 0.900. The minimum absolute atomic E-state index is 0.0856. The smallest absolute Gasteiger partial charge is 0.347 e. The highest BCUT2D eigenvalue weighted by atomic mass is 31.3. The molecule has 0 amide bonds. The molecule has 16 nitrogen and oxygen atoms in total. The highest BCUT2D eigenvalue weighted by Gasteiger charge is 2.45. The van der Waals surface area contributed by atoms with E-state index >= 15 is 0 Å². The lowest BCUT2D eigenvalue weighted by Crippen LogP contribution is -2.24. The van der Waals surface area contributed by atoms with E-state index in [9.17, 15) is 10.5 Å². The van der Waals surface area contributed by atoms with E-state index in [-0.39, 0.29) is 78.9 Å². The van der Waals surface area contributed by atoms with Crippen molar-refractivity contribution in [2.24, 2.45) is 13.5 Å². The van der Waals surface area contributed by atoms with Crippen molar-refractivity contribution in [3.05, 3.63) is 0 Å². The zero-order valence-corrected chi connectivity index (χ0v) is 25.2. The number of aliphatic hydroxyl groups is 2. The van der Waals surface area contributed by atoms with Crippen LogP contribution in [0.5, 0.6) is 0 Å². The lowest BCUT2D eigenvalue weighted by Gasteiger charge is -2.40. The number of ether oxygens (including phenoxy) is 3. The third kappa shape index (κ3) is 10.9. The van der Waals surface area contributed by atoms with Crippen LogP contribution in [0.4, 0.5) is 0 Å². The van der Waals surface area contributed by atoms with Crippen molar-refractivity contribution < 1.29 is 42.5 Å². The largest absolute Gasteiger partial charge is 0.394 e.